The molecule has 0 radical (unpaired) electrons. The van der Waals surface area contributed by atoms with Gasteiger partial charge in [-0.25, -0.2) is 8.42 Å². The van der Waals surface area contributed by atoms with Gasteiger partial charge in [-0.15, -0.1) is 10.2 Å². The normalized spacial score (nSPS) is 11.1. The summed E-state index contributed by atoms with van der Waals surface area (Å²) >= 11 is 7.26. The van der Waals surface area contributed by atoms with E-state index in [-0.39, 0.29) is 15.7 Å². The average molecular weight is 515 g/mol. The molecule has 174 valence electrons. The molecular formula is C23H19ClN4O4S2. The van der Waals surface area contributed by atoms with Crippen LogP contribution in [0.1, 0.15) is 0 Å². The van der Waals surface area contributed by atoms with Crippen LogP contribution in [0, 0.1) is 0 Å². The van der Waals surface area contributed by atoms with Crippen LogP contribution in [0.4, 0.5) is 10.8 Å². The zero-order valence-corrected chi connectivity index (χ0v) is 20.3. The smallest absolute Gasteiger partial charge is 0.264 e. The van der Waals surface area contributed by atoms with Crippen molar-refractivity contribution in [3.63, 3.8) is 0 Å². The summed E-state index contributed by atoms with van der Waals surface area (Å²) in [7, 11) is -2.45. The van der Waals surface area contributed by atoms with Crippen molar-refractivity contribution in [2.24, 2.45) is 0 Å². The van der Waals surface area contributed by atoms with Crippen LogP contribution in [0.15, 0.2) is 83.8 Å². The second-order valence-electron chi connectivity index (χ2n) is 6.99. The standard InChI is InChI=1S/C23H19ClN4O4S2/c1-32-19-12-10-16(11-13-19)22-26-27-23(33-22)25-21(29)15-28(18-7-5-6-17(24)14-18)34(30,31)20-8-3-2-4-9-20/h2-14H,15H2,1H3,(H,25,27,29). The highest BCUT2D eigenvalue weighted by Crippen LogP contribution is 2.29. The third-order valence-corrected chi connectivity index (χ3v) is 7.63. The van der Waals surface area contributed by atoms with Crippen molar-refractivity contribution in [2.45, 2.75) is 4.90 Å². The molecule has 1 N–H and O–H groups in total. The van der Waals surface area contributed by atoms with Crippen molar-refractivity contribution in [3.8, 4) is 16.3 Å². The Morgan fingerprint density at radius 3 is 2.44 bits per heavy atom. The van der Waals surface area contributed by atoms with Crippen molar-refractivity contribution in [3.05, 3.63) is 83.9 Å². The first-order chi connectivity index (χ1) is 16.4. The van der Waals surface area contributed by atoms with E-state index in [4.69, 9.17) is 16.3 Å². The number of aromatic nitrogens is 2. The van der Waals surface area contributed by atoms with Crippen molar-refractivity contribution >= 4 is 49.7 Å². The van der Waals surface area contributed by atoms with Gasteiger partial charge in [0.25, 0.3) is 10.0 Å². The zero-order chi connectivity index (χ0) is 24.1. The number of rotatable bonds is 8. The fourth-order valence-electron chi connectivity index (χ4n) is 3.08. The van der Waals surface area contributed by atoms with Crippen LogP contribution in [-0.4, -0.2) is 38.2 Å². The van der Waals surface area contributed by atoms with Crippen molar-refractivity contribution in [2.75, 3.05) is 23.3 Å². The van der Waals surface area contributed by atoms with Gasteiger partial charge in [-0.2, -0.15) is 0 Å². The van der Waals surface area contributed by atoms with Gasteiger partial charge in [0.2, 0.25) is 11.0 Å². The summed E-state index contributed by atoms with van der Waals surface area (Å²) in [5.74, 6) is 0.138. The molecule has 0 aliphatic heterocycles. The number of benzene rings is 3. The lowest BCUT2D eigenvalue weighted by atomic mass is 10.2. The van der Waals surface area contributed by atoms with Crippen LogP contribution in [0.5, 0.6) is 5.75 Å². The molecule has 0 saturated heterocycles. The summed E-state index contributed by atoms with van der Waals surface area (Å²) in [5, 5.41) is 11.9. The minimum atomic E-state index is -4.03. The lowest BCUT2D eigenvalue weighted by Gasteiger charge is -2.24. The second-order valence-corrected chi connectivity index (χ2v) is 10.3. The Bertz CT molecular complexity index is 1390. The van der Waals surface area contributed by atoms with Gasteiger partial charge >= 0.3 is 0 Å². The lowest BCUT2D eigenvalue weighted by Crippen LogP contribution is -2.38. The van der Waals surface area contributed by atoms with Crippen molar-refractivity contribution < 1.29 is 17.9 Å². The molecule has 1 heterocycles. The number of carbonyl (C=O) groups is 1. The van der Waals surface area contributed by atoms with E-state index in [1.807, 2.05) is 12.1 Å². The third-order valence-electron chi connectivity index (χ3n) is 4.72. The molecule has 3 aromatic carbocycles. The van der Waals surface area contributed by atoms with Crippen molar-refractivity contribution in [1.82, 2.24) is 10.2 Å². The highest BCUT2D eigenvalue weighted by Gasteiger charge is 2.27. The van der Waals surface area contributed by atoms with Gasteiger partial charge in [0.05, 0.1) is 17.7 Å². The Morgan fingerprint density at radius 1 is 1.03 bits per heavy atom. The number of amides is 1. The molecule has 1 aromatic heterocycles. The Balaban J connectivity index is 1.56. The third kappa shape index (κ3) is 5.36. The maximum Gasteiger partial charge on any atom is 0.264 e. The average Bonchev–Trinajstić information content (AvgIpc) is 3.31. The highest BCUT2D eigenvalue weighted by atomic mass is 35.5. The molecule has 1 amide bonds. The predicted octanol–water partition coefficient (Wildman–Crippen LogP) is 4.70. The minimum Gasteiger partial charge on any atom is -0.497 e. The molecule has 11 heteroatoms. The Labute approximate surface area is 205 Å². The number of halogens is 1. The summed E-state index contributed by atoms with van der Waals surface area (Å²) in [6, 6.07) is 21.5. The summed E-state index contributed by atoms with van der Waals surface area (Å²) in [5.41, 5.74) is 1.08. The fraction of sp³-hybridized carbons (Fsp3) is 0.0870. The molecule has 0 saturated carbocycles. The van der Waals surface area contributed by atoms with Crippen molar-refractivity contribution in [1.29, 1.82) is 0 Å². The molecule has 0 fully saturated rings. The lowest BCUT2D eigenvalue weighted by molar-refractivity contribution is -0.114. The van der Waals surface area contributed by atoms with Gasteiger partial charge in [0.1, 0.15) is 17.3 Å². The second kappa shape index (κ2) is 10.2. The highest BCUT2D eigenvalue weighted by molar-refractivity contribution is 7.92. The molecule has 4 rings (SSSR count). The molecule has 34 heavy (non-hydrogen) atoms. The first kappa shape index (κ1) is 23.7. The summed E-state index contributed by atoms with van der Waals surface area (Å²) in [6.45, 7) is -0.477. The first-order valence-electron chi connectivity index (χ1n) is 9.98. The Morgan fingerprint density at radius 2 is 1.76 bits per heavy atom. The maximum atomic E-state index is 13.3. The van der Waals surface area contributed by atoms with E-state index in [0.717, 1.165) is 9.87 Å². The predicted molar refractivity (Wildman–Crippen MR) is 133 cm³/mol. The van der Waals surface area contributed by atoms with E-state index < -0.39 is 22.5 Å². The maximum absolute atomic E-state index is 13.3. The SMILES string of the molecule is COc1ccc(-c2nnc(NC(=O)CN(c3cccc(Cl)c3)S(=O)(=O)c3ccccc3)s2)cc1. The number of hydrogen-bond acceptors (Lipinski definition) is 7. The molecule has 0 aliphatic rings. The molecular weight excluding hydrogens is 496 g/mol. The van der Waals surface area contributed by atoms with Crippen LogP contribution >= 0.6 is 22.9 Å². The summed E-state index contributed by atoms with van der Waals surface area (Å²) in [4.78, 5) is 12.9. The van der Waals surface area contributed by atoms with E-state index in [1.165, 1.54) is 29.5 Å². The largest absolute Gasteiger partial charge is 0.497 e. The number of nitrogens with one attached hydrogen (secondary N) is 1. The number of nitrogens with zero attached hydrogens (tertiary/aromatic N) is 3. The number of ether oxygens (including phenoxy) is 1. The number of sulfonamides is 1. The quantitative estimate of drug-likeness (QED) is 0.365. The van der Waals surface area contributed by atoms with E-state index in [9.17, 15) is 13.2 Å². The monoisotopic (exact) mass is 514 g/mol. The molecule has 0 spiro atoms. The molecule has 8 nitrogen and oxygen atoms in total. The van der Waals surface area contributed by atoms with Gasteiger partial charge < -0.3 is 4.74 Å². The summed E-state index contributed by atoms with van der Waals surface area (Å²) in [6.07, 6.45) is 0. The fourth-order valence-corrected chi connectivity index (χ4v) is 5.46. The topological polar surface area (TPSA) is 101 Å². The molecule has 0 bridgehead atoms. The number of hydrogen-bond donors (Lipinski definition) is 1. The molecule has 0 atom stereocenters. The van der Waals surface area contributed by atoms with Crippen LogP contribution in [0.2, 0.25) is 5.02 Å². The van der Waals surface area contributed by atoms with E-state index in [0.29, 0.717) is 15.8 Å². The Hall–Kier alpha value is -3.47. The minimum absolute atomic E-state index is 0.0560. The van der Waals surface area contributed by atoms with E-state index >= 15 is 0 Å². The van der Waals surface area contributed by atoms with E-state index in [2.05, 4.69) is 15.5 Å². The summed E-state index contributed by atoms with van der Waals surface area (Å²) < 4.78 is 32.8. The van der Waals surface area contributed by atoms with Crippen LogP contribution in [0.3, 0.4) is 0 Å². The zero-order valence-electron chi connectivity index (χ0n) is 17.9. The van der Waals surface area contributed by atoms with E-state index in [1.54, 1.807) is 55.6 Å². The van der Waals surface area contributed by atoms with Gasteiger partial charge in [-0.1, -0.05) is 47.2 Å². The van der Waals surface area contributed by atoms with Gasteiger partial charge in [0.15, 0.2) is 0 Å². The van der Waals surface area contributed by atoms with Gasteiger partial charge in [-0.3, -0.25) is 14.4 Å². The Kier molecular flexibility index (Phi) is 7.11. The first-order valence-corrected chi connectivity index (χ1v) is 12.6. The van der Waals surface area contributed by atoms with Crippen LogP contribution in [0.25, 0.3) is 10.6 Å². The molecule has 4 aromatic rings. The van der Waals surface area contributed by atoms with Crippen LogP contribution < -0.4 is 14.4 Å². The number of anilines is 2. The molecule has 0 unspecified atom stereocenters. The van der Waals surface area contributed by atoms with Crippen LogP contribution in [-0.2, 0) is 14.8 Å². The van der Waals surface area contributed by atoms with Gasteiger partial charge in [0, 0.05) is 10.6 Å². The number of carbonyl (C=O) groups excluding carboxylic acids is 1. The molecule has 0 aliphatic carbocycles. The van der Waals surface area contributed by atoms with Gasteiger partial charge in [-0.05, 0) is 54.6 Å². The number of methoxy groups -OCH3 is 1.